The van der Waals surface area contributed by atoms with E-state index in [1.807, 2.05) is 30.3 Å². The first-order chi connectivity index (χ1) is 7.33. The van der Waals surface area contributed by atoms with Crippen LogP contribution in [0.3, 0.4) is 0 Å². The number of nitrogens with one attached hydrogen (secondary N) is 1. The molecule has 0 aliphatic carbocycles. The average molecular weight is 203 g/mol. The van der Waals surface area contributed by atoms with Gasteiger partial charge >= 0.3 is 0 Å². The number of carbonyl (C=O) groups is 2. The molecule has 1 saturated heterocycles. The first-order valence-corrected chi connectivity index (χ1v) is 5.07. The topological polar surface area (TPSA) is 46.2 Å². The van der Waals surface area contributed by atoms with E-state index in [1.54, 1.807) is 0 Å². The molecule has 15 heavy (non-hydrogen) atoms. The first kappa shape index (κ1) is 10.1. The Morgan fingerprint density at radius 1 is 1.27 bits per heavy atom. The third kappa shape index (κ3) is 1.97. The molecule has 2 unspecified atom stereocenters. The van der Waals surface area contributed by atoms with Gasteiger partial charge in [0.05, 0.1) is 0 Å². The standard InChI is InChI=1S/C12H13NO2/c14-8-12(15)11-7-13-6-10(11)9-4-2-1-3-5-9/h1-5,8,10-11,13H,6-7H2. The SMILES string of the molecule is O=CC(=O)C1CNCC1c1ccccc1. The summed E-state index contributed by atoms with van der Waals surface area (Å²) in [4.78, 5) is 21.9. The molecule has 1 aliphatic heterocycles. The Labute approximate surface area is 88.5 Å². The van der Waals surface area contributed by atoms with Crippen LogP contribution in [0.2, 0.25) is 0 Å². The van der Waals surface area contributed by atoms with Gasteiger partial charge < -0.3 is 5.32 Å². The quantitative estimate of drug-likeness (QED) is 0.582. The Balaban J connectivity index is 2.22. The van der Waals surface area contributed by atoms with Crippen LogP contribution in [0.25, 0.3) is 0 Å². The number of carbonyl (C=O) groups excluding carboxylic acids is 2. The van der Waals surface area contributed by atoms with Crippen molar-refractivity contribution in [1.29, 1.82) is 0 Å². The molecule has 1 aromatic rings. The summed E-state index contributed by atoms with van der Waals surface area (Å²) in [5.41, 5.74) is 1.13. The van der Waals surface area contributed by atoms with Crippen LogP contribution in [-0.2, 0) is 9.59 Å². The lowest BCUT2D eigenvalue weighted by Crippen LogP contribution is -2.22. The van der Waals surface area contributed by atoms with Gasteiger partial charge in [0.1, 0.15) is 0 Å². The highest BCUT2D eigenvalue weighted by Gasteiger charge is 2.33. The maximum atomic E-state index is 11.4. The molecule has 2 rings (SSSR count). The summed E-state index contributed by atoms with van der Waals surface area (Å²) in [6, 6.07) is 9.86. The molecular weight excluding hydrogens is 190 g/mol. The van der Waals surface area contributed by atoms with E-state index in [-0.39, 0.29) is 17.6 Å². The molecule has 1 aliphatic rings. The molecule has 0 amide bonds. The number of aldehydes is 1. The smallest absolute Gasteiger partial charge is 0.200 e. The van der Waals surface area contributed by atoms with E-state index in [0.29, 0.717) is 12.8 Å². The Hall–Kier alpha value is -1.48. The van der Waals surface area contributed by atoms with Crippen LogP contribution in [0.5, 0.6) is 0 Å². The van der Waals surface area contributed by atoms with Crippen LogP contribution in [0.15, 0.2) is 30.3 Å². The summed E-state index contributed by atoms with van der Waals surface area (Å²) >= 11 is 0. The molecule has 0 spiro atoms. The van der Waals surface area contributed by atoms with E-state index in [2.05, 4.69) is 5.32 Å². The molecule has 3 nitrogen and oxygen atoms in total. The summed E-state index contributed by atoms with van der Waals surface area (Å²) < 4.78 is 0. The average Bonchev–Trinajstić information content (AvgIpc) is 2.78. The normalized spacial score (nSPS) is 25.1. The number of hydrogen-bond donors (Lipinski definition) is 1. The Kier molecular flexibility index (Phi) is 2.92. The third-order valence-electron chi connectivity index (χ3n) is 2.92. The molecular formula is C12H13NO2. The predicted molar refractivity (Wildman–Crippen MR) is 56.6 cm³/mol. The molecule has 3 heteroatoms. The van der Waals surface area contributed by atoms with Crippen molar-refractivity contribution in [2.75, 3.05) is 13.1 Å². The molecule has 1 fully saturated rings. The van der Waals surface area contributed by atoms with Crippen molar-refractivity contribution in [3.63, 3.8) is 0 Å². The Bertz CT molecular complexity index is 361. The highest BCUT2D eigenvalue weighted by molar-refractivity contribution is 6.26. The second kappa shape index (κ2) is 4.36. The van der Waals surface area contributed by atoms with Crippen LogP contribution in [0.4, 0.5) is 0 Å². The molecule has 0 saturated carbocycles. The van der Waals surface area contributed by atoms with Crippen molar-refractivity contribution in [1.82, 2.24) is 5.32 Å². The van der Waals surface area contributed by atoms with Crippen molar-refractivity contribution in [2.24, 2.45) is 5.92 Å². The number of Topliss-reactive ketones (excluding diaryl/α,β-unsaturated/α-hetero) is 1. The van der Waals surface area contributed by atoms with Gasteiger partial charge in [0, 0.05) is 24.9 Å². The highest BCUT2D eigenvalue weighted by atomic mass is 16.2. The van der Waals surface area contributed by atoms with E-state index < -0.39 is 0 Å². The zero-order valence-corrected chi connectivity index (χ0v) is 8.35. The molecule has 0 bridgehead atoms. The van der Waals surface area contributed by atoms with E-state index in [9.17, 15) is 9.59 Å². The lowest BCUT2D eigenvalue weighted by Gasteiger charge is -2.15. The summed E-state index contributed by atoms with van der Waals surface area (Å²) in [7, 11) is 0. The maximum Gasteiger partial charge on any atom is 0.200 e. The number of ketones is 1. The summed E-state index contributed by atoms with van der Waals surface area (Å²) in [6.07, 6.45) is 0.438. The van der Waals surface area contributed by atoms with Gasteiger partial charge in [-0.25, -0.2) is 0 Å². The third-order valence-corrected chi connectivity index (χ3v) is 2.92. The molecule has 2 atom stereocenters. The second-order valence-corrected chi connectivity index (χ2v) is 3.80. The van der Waals surface area contributed by atoms with E-state index in [1.165, 1.54) is 0 Å². The van der Waals surface area contributed by atoms with Crippen LogP contribution in [-0.4, -0.2) is 25.2 Å². The monoisotopic (exact) mass is 203 g/mol. The maximum absolute atomic E-state index is 11.4. The molecule has 0 radical (unpaired) electrons. The molecule has 0 aromatic heterocycles. The van der Waals surface area contributed by atoms with Gasteiger partial charge in [-0.2, -0.15) is 0 Å². The van der Waals surface area contributed by atoms with Crippen molar-refractivity contribution >= 4 is 12.1 Å². The minimum atomic E-state index is -0.297. The van der Waals surface area contributed by atoms with Gasteiger partial charge in [-0.1, -0.05) is 30.3 Å². The van der Waals surface area contributed by atoms with E-state index in [4.69, 9.17) is 0 Å². The van der Waals surface area contributed by atoms with Gasteiger partial charge in [-0.05, 0) is 5.56 Å². The van der Waals surface area contributed by atoms with E-state index >= 15 is 0 Å². The largest absolute Gasteiger partial charge is 0.315 e. The Morgan fingerprint density at radius 3 is 2.67 bits per heavy atom. The van der Waals surface area contributed by atoms with Crippen molar-refractivity contribution in [3.8, 4) is 0 Å². The van der Waals surface area contributed by atoms with Gasteiger partial charge in [-0.15, -0.1) is 0 Å². The van der Waals surface area contributed by atoms with Crippen LogP contribution in [0.1, 0.15) is 11.5 Å². The van der Waals surface area contributed by atoms with Gasteiger partial charge in [0.15, 0.2) is 12.1 Å². The van der Waals surface area contributed by atoms with Gasteiger partial charge in [0.25, 0.3) is 0 Å². The zero-order valence-electron chi connectivity index (χ0n) is 8.35. The fourth-order valence-corrected chi connectivity index (χ4v) is 2.12. The van der Waals surface area contributed by atoms with Crippen LogP contribution < -0.4 is 5.32 Å². The molecule has 1 aromatic carbocycles. The Morgan fingerprint density at radius 2 is 2.00 bits per heavy atom. The lowest BCUT2D eigenvalue weighted by molar-refractivity contribution is -0.132. The van der Waals surface area contributed by atoms with Gasteiger partial charge in [0.2, 0.25) is 0 Å². The summed E-state index contributed by atoms with van der Waals surface area (Å²) in [5.74, 6) is -0.345. The molecule has 78 valence electrons. The second-order valence-electron chi connectivity index (χ2n) is 3.80. The number of hydrogen-bond acceptors (Lipinski definition) is 3. The zero-order chi connectivity index (χ0) is 10.7. The highest BCUT2D eigenvalue weighted by Crippen LogP contribution is 2.27. The van der Waals surface area contributed by atoms with Crippen LogP contribution in [0, 0.1) is 5.92 Å². The fraction of sp³-hybridized carbons (Fsp3) is 0.333. The lowest BCUT2D eigenvalue weighted by atomic mass is 9.86. The number of rotatable bonds is 3. The minimum absolute atomic E-state index is 0.142. The fourth-order valence-electron chi connectivity index (χ4n) is 2.12. The van der Waals surface area contributed by atoms with Crippen LogP contribution >= 0.6 is 0 Å². The minimum Gasteiger partial charge on any atom is -0.315 e. The number of benzene rings is 1. The van der Waals surface area contributed by atoms with Gasteiger partial charge in [-0.3, -0.25) is 9.59 Å². The summed E-state index contributed by atoms with van der Waals surface area (Å²) in [6.45, 7) is 1.38. The molecule has 1 N–H and O–H groups in total. The van der Waals surface area contributed by atoms with Crippen molar-refractivity contribution in [3.05, 3.63) is 35.9 Å². The summed E-state index contributed by atoms with van der Waals surface area (Å²) in [5, 5.41) is 3.16. The molecule has 1 heterocycles. The first-order valence-electron chi connectivity index (χ1n) is 5.07. The predicted octanol–water partition coefficient (Wildman–Crippen LogP) is 0.758. The van der Waals surface area contributed by atoms with Crippen molar-refractivity contribution in [2.45, 2.75) is 5.92 Å². The van der Waals surface area contributed by atoms with E-state index in [0.717, 1.165) is 12.1 Å². The van der Waals surface area contributed by atoms with Crippen molar-refractivity contribution < 1.29 is 9.59 Å².